The number of hydrogen-bond acceptors (Lipinski definition) is 3. The molecule has 0 bridgehead atoms. The van der Waals surface area contributed by atoms with E-state index in [0.717, 1.165) is 24.5 Å². The van der Waals surface area contributed by atoms with Crippen molar-refractivity contribution in [3.05, 3.63) is 29.6 Å². The quantitative estimate of drug-likeness (QED) is 0.786. The molecule has 3 heteroatoms. The van der Waals surface area contributed by atoms with Gasteiger partial charge in [-0.3, -0.25) is 9.88 Å². The first-order valence-electron chi connectivity index (χ1n) is 6.50. The summed E-state index contributed by atoms with van der Waals surface area (Å²) in [6, 6.07) is 6.93. The minimum Gasteiger partial charge on any atom is -0.314 e. The SMILES string of the molecule is CCC(CC)N(C)Cc1cccc(CNC)n1. The molecule has 3 nitrogen and oxygen atoms in total. The molecule has 0 aliphatic heterocycles. The highest BCUT2D eigenvalue weighted by Gasteiger charge is 2.11. The lowest BCUT2D eigenvalue weighted by Crippen LogP contribution is -2.30. The predicted octanol–water partition coefficient (Wildman–Crippen LogP) is 2.42. The Morgan fingerprint density at radius 1 is 1.24 bits per heavy atom. The van der Waals surface area contributed by atoms with Crippen molar-refractivity contribution in [2.75, 3.05) is 14.1 Å². The average molecular weight is 235 g/mol. The van der Waals surface area contributed by atoms with E-state index in [2.05, 4.69) is 54.3 Å². The maximum absolute atomic E-state index is 4.65. The zero-order chi connectivity index (χ0) is 12.7. The molecule has 0 fully saturated rings. The van der Waals surface area contributed by atoms with E-state index >= 15 is 0 Å². The van der Waals surface area contributed by atoms with Crippen LogP contribution in [0.2, 0.25) is 0 Å². The molecule has 1 heterocycles. The lowest BCUT2D eigenvalue weighted by molar-refractivity contribution is 0.219. The van der Waals surface area contributed by atoms with Crippen molar-refractivity contribution < 1.29 is 0 Å². The zero-order valence-electron chi connectivity index (χ0n) is 11.5. The predicted molar refractivity (Wildman–Crippen MR) is 72.8 cm³/mol. The summed E-state index contributed by atoms with van der Waals surface area (Å²) in [4.78, 5) is 7.04. The van der Waals surface area contributed by atoms with Crippen LogP contribution in [0.3, 0.4) is 0 Å². The second kappa shape index (κ2) is 7.41. The van der Waals surface area contributed by atoms with Crippen LogP contribution in [0.4, 0.5) is 0 Å². The molecule has 1 aromatic heterocycles. The fourth-order valence-corrected chi connectivity index (χ4v) is 2.19. The fraction of sp³-hybridized carbons (Fsp3) is 0.643. The van der Waals surface area contributed by atoms with Crippen LogP contribution < -0.4 is 5.32 Å². The van der Waals surface area contributed by atoms with Crippen LogP contribution in [-0.4, -0.2) is 30.0 Å². The Morgan fingerprint density at radius 2 is 1.88 bits per heavy atom. The van der Waals surface area contributed by atoms with E-state index in [1.54, 1.807) is 0 Å². The van der Waals surface area contributed by atoms with Gasteiger partial charge in [-0.15, -0.1) is 0 Å². The fourth-order valence-electron chi connectivity index (χ4n) is 2.19. The van der Waals surface area contributed by atoms with E-state index in [9.17, 15) is 0 Å². The van der Waals surface area contributed by atoms with E-state index in [1.807, 2.05) is 7.05 Å². The van der Waals surface area contributed by atoms with Crippen molar-refractivity contribution in [1.82, 2.24) is 15.2 Å². The van der Waals surface area contributed by atoms with Crippen LogP contribution in [0.5, 0.6) is 0 Å². The Kier molecular flexibility index (Phi) is 6.16. The Balaban J connectivity index is 2.63. The summed E-state index contributed by atoms with van der Waals surface area (Å²) in [6.07, 6.45) is 2.40. The summed E-state index contributed by atoms with van der Waals surface area (Å²) in [5.41, 5.74) is 2.27. The van der Waals surface area contributed by atoms with Crippen LogP contribution in [-0.2, 0) is 13.1 Å². The number of pyridine rings is 1. The van der Waals surface area contributed by atoms with E-state index in [4.69, 9.17) is 0 Å². The summed E-state index contributed by atoms with van der Waals surface area (Å²) < 4.78 is 0. The summed E-state index contributed by atoms with van der Waals surface area (Å²) in [6.45, 7) is 6.26. The molecule has 0 aromatic carbocycles. The molecular weight excluding hydrogens is 210 g/mol. The summed E-state index contributed by atoms with van der Waals surface area (Å²) >= 11 is 0. The van der Waals surface area contributed by atoms with Gasteiger partial charge in [0.15, 0.2) is 0 Å². The summed E-state index contributed by atoms with van der Waals surface area (Å²) in [5, 5.41) is 3.13. The van der Waals surface area contributed by atoms with Crippen LogP contribution >= 0.6 is 0 Å². The Bertz CT molecular complexity index is 321. The summed E-state index contributed by atoms with van der Waals surface area (Å²) in [5.74, 6) is 0. The third-order valence-electron chi connectivity index (χ3n) is 3.20. The highest BCUT2D eigenvalue weighted by atomic mass is 15.1. The van der Waals surface area contributed by atoms with Crippen molar-refractivity contribution in [1.29, 1.82) is 0 Å². The topological polar surface area (TPSA) is 28.2 Å². The summed E-state index contributed by atoms with van der Waals surface area (Å²) in [7, 11) is 4.13. The van der Waals surface area contributed by atoms with Crippen LogP contribution in [0, 0.1) is 0 Å². The van der Waals surface area contributed by atoms with Crippen molar-refractivity contribution in [3.63, 3.8) is 0 Å². The van der Waals surface area contributed by atoms with E-state index in [-0.39, 0.29) is 0 Å². The minimum absolute atomic E-state index is 0.657. The largest absolute Gasteiger partial charge is 0.314 e. The van der Waals surface area contributed by atoms with E-state index in [1.165, 1.54) is 12.8 Å². The average Bonchev–Trinajstić information content (AvgIpc) is 2.31. The molecule has 1 N–H and O–H groups in total. The van der Waals surface area contributed by atoms with Gasteiger partial charge in [-0.25, -0.2) is 0 Å². The maximum atomic E-state index is 4.65. The first-order chi connectivity index (χ1) is 8.21. The molecule has 17 heavy (non-hydrogen) atoms. The molecule has 0 atom stereocenters. The van der Waals surface area contributed by atoms with Crippen molar-refractivity contribution in [2.45, 2.75) is 45.8 Å². The Hall–Kier alpha value is -0.930. The standard InChI is InChI=1S/C14H25N3/c1-5-14(6-2)17(4)11-13-9-7-8-12(16-13)10-15-3/h7-9,14-15H,5-6,10-11H2,1-4H3. The molecule has 96 valence electrons. The number of nitrogens with zero attached hydrogens (tertiary/aromatic N) is 2. The first-order valence-corrected chi connectivity index (χ1v) is 6.50. The normalized spacial score (nSPS) is 11.4. The smallest absolute Gasteiger partial charge is 0.0547 e. The van der Waals surface area contributed by atoms with Crippen molar-refractivity contribution >= 4 is 0 Å². The van der Waals surface area contributed by atoms with Gasteiger partial charge in [0, 0.05) is 19.1 Å². The van der Waals surface area contributed by atoms with Gasteiger partial charge in [-0.2, -0.15) is 0 Å². The van der Waals surface area contributed by atoms with Gasteiger partial charge in [0.1, 0.15) is 0 Å². The number of rotatable bonds is 7. The lowest BCUT2D eigenvalue weighted by atomic mass is 10.1. The third kappa shape index (κ3) is 4.44. The van der Waals surface area contributed by atoms with E-state index < -0.39 is 0 Å². The Labute approximate surface area is 105 Å². The molecule has 0 aliphatic carbocycles. The number of nitrogens with one attached hydrogen (secondary N) is 1. The van der Waals surface area contributed by atoms with Gasteiger partial charge in [0.25, 0.3) is 0 Å². The van der Waals surface area contributed by atoms with E-state index in [0.29, 0.717) is 6.04 Å². The second-order valence-corrected chi connectivity index (χ2v) is 4.54. The first kappa shape index (κ1) is 14.1. The minimum atomic E-state index is 0.657. The molecular formula is C14H25N3. The molecule has 0 amide bonds. The van der Waals surface area contributed by atoms with Crippen LogP contribution in [0.25, 0.3) is 0 Å². The monoisotopic (exact) mass is 235 g/mol. The van der Waals surface area contributed by atoms with Gasteiger partial charge in [-0.05, 0) is 39.1 Å². The molecule has 0 saturated heterocycles. The van der Waals surface area contributed by atoms with Gasteiger partial charge >= 0.3 is 0 Å². The highest BCUT2D eigenvalue weighted by Crippen LogP contribution is 2.10. The van der Waals surface area contributed by atoms with Gasteiger partial charge in [0.2, 0.25) is 0 Å². The molecule has 0 aliphatic rings. The van der Waals surface area contributed by atoms with Gasteiger partial charge in [0.05, 0.1) is 11.4 Å². The second-order valence-electron chi connectivity index (χ2n) is 4.54. The Morgan fingerprint density at radius 3 is 2.47 bits per heavy atom. The van der Waals surface area contributed by atoms with Crippen LogP contribution in [0.15, 0.2) is 18.2 Å². The molecule has 1 aromatic rings. The molecule has 0 radical (unpaired) electrons. The third-order valence-corrected chi connectivity index (χ3v) is 3.20. The zero-order valence-corrected chi connectivity index (χ0v) is 11.5. The number of aromatic nitrogens is 1. The van der Waals surface area contributed by atoms with Crippen LogP contribution in [0.1, 0.15) is 38.1 Å². The molecule has 1 rings (SSSR count). The highest BCUT2D eigenvalue weighted by molar-refractivity contribution is 5.11. The molecule has 0 unspecified atom stereocenters. The maximum Gasteiger partial charge on any atom is 0.0547 e. The number of hydrogen-bond donors (Lipinski definition) is 1. The van der Waals surface area contributed by atoms with Gasteiger partial charge in [-0.1, -0.05) is 19.9 Å². The lowest BCUT2D eigenvalue weighted by Gasteiger charge is -2.25. The van der Waals surface area contributed by atoms with Crippen molar-refractivity contribution in [2.24, 2.45) is 0 Å². The van der Waals surface area contributed by atoms with Crippen molar-refractivity contribution in [3.8, 4) is 0 Å². The van der Waals surface area contributed by atoms with Gasteiger partial charge < -0.3 is 5.32 Å². The molecule has 0 saturated carbocycles. The molecule has 0 spiro atoms.